The third-order valence-electron chi connectivity index (χ3n) is 2.48. The minimum atomic E-state index is -0.425. The number of imidazole rings is 1. The average Bonchev–Trinajstić information content (AvgIpc) is 2.72. The molecule has 0 amide bonds. The average molecular weight is 265 g/mol. The number of aromatic nitrogens is 2. The second-order valence-corrected chi connectivity index (χ2v) is 4.12. The largest absolute Gasteiger partial charge is 0.461 e. The summed E-state index contributed by atoms with van der Waals surface area (Å²) in [5, 5.41) is 0.605. The van der Waals surface area contributed by atoms with Gasteiger partial charge in [-0.25, -0.2) is 9.78 Å². The molecule has 0 atom stereocenters. The number of ether oxygens (including phenoxy) is 1. The van der Waals surface area contributed by atoms with Crippen LogP contribution in [0.3, 0.4) is 0 Å². The Labute approximate surface area is 110 Å². The first-order valence-corrected chi connectivity index (χ1v) is 5.99. The summed E-state index contributed by atoms with van der Waals surface area (Å²) in [5.41, 5.74) is 1.08. The van der Waals surface area contributed by atoms with E-state index in [2.05, 4.69) is 4.98 Å². The maximum atomic E-state index is 11.6. The summed E-state index contributed by atoms with van der Waals surface area (Å²) < 4.78 is 6.69. The Balaban J connectivity index is 2.42. The van der Waals surface area contributed by atoms with E-state index in [0.29, 0.717) is 17.5 Å². The third-order valence-corrected chi connectivity index (χ3v) is 2.80. The van der Waals surface area contributed by atoms with Crippen molar-refractivity contribution in [2.24, 2.45) is 0 Å². The van der Waals surface area contributed by atoms with Gasteiger partial charge in [-0.05, 0) is 26.0 Å². The standard InChI is InChI=1S/C13H13ClN2O2/c1-3-18-13(17)11-8-16(9(2)15-11)12-7-5-4-6-10(12)14/h4-8H,3H2,1-2H3. The summed E-state index contributed by atoms with van der Waals surface area (Å²) >= 11 is 6.12. The molecule has 0 saturated heterocycles. The second-order valence-electron chi connectivity index (χ2n) is 3.72. The highest BCUT2D eigenvalue weighted by Gasteiger charge is 2.14. The SMILES string of the molecule is CCOC(=O)c1cn(-c2ccccc2Cl)c(C)n1. The van der Waals surface area contributed by atoms with E-state index in [4.69, 9.17) is 16.3 Å². The molecule has 0 aliphatic heterocycles. The molecule has 0 radical (unpaired) electrons. The van der Waals surface area contributed by atoms with E-state index in [1.54, 1.807) is 23.8 Å². The van der Waals surface area contributed by atoms with Crippen LogP contribution in [0.5, 0.6) is 0 Å². The predicted molar refractivity (Wildman–Crippen MR) is 69.3 cm³/mol. The van der Waals surface area contributed by atoms with Gasteiger partial charge in [0.15, 0.2) is 5.69 Å². The molecule has 1 aromatic heterocycles. The van der Waals surface area contributed by atoms with Gasteiger partial charge in [-0.1, -0.05) is 23.7 Å². The Morgan fingerprint density at radius 3 is 2.83 bits per heavy atom. The molecule has 0 aliphatic rings. The van der Waals surface area contributed by atoms with Gasteiger partial charge in [0.05, 0.1) is 17.3 Å². The van der Waals surface area contributed by atoms with Crippen LogP contribution in [0.25, 0.3) is 5.69 Å². The van der Waals surface area contributed by atoms with E-state index in [1.807, 2.05) is 25.1 Å². The molecule has 18 heavy (non-hydrogen) atoms. The van der Waals surface area contributed by atoms with Gasteiger partial charge < -0.3 is 9.30 Å². The fourth-order valence-corrected chi connectivity index (χ4v) is 1.89. The van der Waals surface area contributed by atoms with Crippen molar-refractivity contribution < 1.29 is 9.53 Å². The minimum absolute atomic E-state index is 0.286. The number of benzene rings is 1. The quantitative estimate of drug-likeness (QED) is 0.801. The molecule has 0 fully saturated rings. The van der Waals surface area contributed by atoms with E-state index in [0.717, 1.165) is 5.69 Å². The van der Waals surface area contributed by atoms with E-state index in [9.17, 15) is 4.79 Å². The van der Waals surface area contributed by atoms with Gasteiger partial charge in [0.25, 0.3) is 0 Å². The van der Waals surface area contributed by atoms with Crippen LogP contribution in [0.1, 0.15) is 23.2 Å². The van der Waals surface area contributed by atoms with E-state index in [-0.39, 0.29) is 5.69 Å². The van der Waals surface area contributed by atoms with Gasteiger partial charge in [-0.15, -0.1) is 0 Å². The molecule has 0 aliphatic carbocycles. The van der Waals surface area contributed by atoms with Crippen molar-refractivity contribution >= 4 is 17.6 Å². The van der Waals surface area contributed by atoms with Crippen molar-refractivity contribution in [2.75, 3.05) is 6.61 Å². The van der Waals surface area contributed by atoms with E-state index in [1.165, 1.54) is 0 Å². The second kappa shape index (κ2) is 5.23. The molecule has 2 aromatic rings. The molecule has 1 aromatic carbocycles. The molecular weight excluding hydrogens is 252 g/mol. The number of hydrogen-bond acceptors (Lipinski definition) is 3. The van der Waals surface area contributed by atoms with E-state index >= 15 is 0 Å². The number of nitrogens with zero attached hydrogens (tertiary/aromatic N) is 2. The van der Waals surface area contributed by atoms with Crippen LogP contribution < -0.4 is 0 Å². The number of para-hydroxylation sites is 1. The zero-order valence-electron chi connectivity index (χ0n) is 10.2. The number of carbonyl (C=O) groups excluding carboxylic acids is 1. The number of aryl methyl sites for hydroxylation is 1. The number of carbonyl (C=O) groups is 1. The maximum Gasteiger partial charge on any atom is 0.358 e. The van der Waals surface area contributed by atoms with Crippen LogP contribution in [0.15, 0.2) is 30.5 Å². The molecule has 94 valence electrons. The van der Waals surface area contributed by atoms with Crippen molar-refractivity contribution in [2.45, 2.75) is 13.8 Å². The Morgan fingerprint density at radius 1 is 1.44 bits per heavy atom. The first-order valence-electron chi connectivity index (χ1n) is 5.61. The van der Waals surface area contributed by atoms with Crippen molar-refractivity contribution in [1.29, 1.82) is 0 Å². The zero-order valence-corrected chi connectivity index (χ0v) is 10.9. The van der Waals surface area contributed by atoms with Crippen molar-refractivity contribution in [3.05, 3.63) is 47.0 Å². The van der Waals surface area contributed by atoms with Crippen LogP contribution in [-0.2, 0) is 4.74 Å². The van der Waals surface area contributed by atoms with Crippen LogP contribution >= 0.6 is 11.6 Å². The Hall–Kier alpha value is -1.81. The van der Waals surface area contributed by atoms with Gasteiger partial charge >= 0.3 is 5.97 Å². The number of rotatable bonds is 3. The number of esters is 1. The Bertz CT molecular complexity index is 578. The molecular formula is C13H13ClN2O2. The predicted octanol–water partition coefficient (Wildman–Crippen LogP) is 3.01. The highest BCUT2D eigenvalue weighted by atomic mass is 35.5. The lowest BCUT2D eigenvalue weighted by atomic mass is 10.3. The minimum Gasteiger partial charge on any atom is -0.461 e. The molecule has 1 heterocycles. The monoisotopic (exact) mass is 264 g/mol. The van der Waals surface area contributed by atoms with Gasteiger partial charge in [0, 0.05) is 6.20 Å². The zero-order chi connectivity index (χ0) is 13.1. The highest BCUT2D eigenvalue weighted by Crippen LogP contribution is 2.21. The van der Waals surface area contributed by atoms with Gasteiger partial charge in [-0.2, -0.15) is 0 Å². The van der Waals surface area contributed by atoms with Gasteiger partial charge in [-0.3, -0.25) is 0 Å². The molecule has 0 saturated carbocycles. The first kappa shape index (κ1) is 12.6. The molecule has 2 rings (SSSR count). The van der Waals surface area contributed by atoms with Crippen LogP contribution in [0.2, 0.25) is 5.02 Å². The van der Waals surface area contributed by atoms with Crippen molar-refractivity contribution in [3.8, 4) is 5.69 Å². The van der Waals surface area contributed by atoms with Gasteiger partial charge in [0.2, 0.25) is 0 Å². The van der Waals surface area contributed by atoms with Gasteiger partial charge in [0.1, 0.15) is 5.82 Å². The van der Waals surface area contributed by atoms with Crippen LogP contribution in [-0.4, -0.2) is 22.1 Å². The lowest BCUT2D eigenvalue weighted by Gasteiger charge is -2.06. The molecule has 0 spiro atoms. The lowest BCUT2D eigenvalue weighted by molar-refractivity contribution is 0.0520. The van der Waals surface area contributed by atoms with Crippen LogP contribution in [0.4, 0.5) is 0 Å². The molecule has 0 unspecified atom stereocenters. The molecule has 4 nitrogen and oxygen atoms in total. The van der Waals surface area contributed by atoms with Crippen molar-refractivity contribution in [1.82, 2.24) is 9.55 Å². The normalized spacial score (nSPS) is 10.4. The van der Waals surface area contributed by atoms with Crippen LogP contribution in [0, 0.1) is 6.92 Å². The topological polar surface area (TPSA) is 44.1 Å². The smallest absolute Gasteiger partial charge is 0.358 e. The number of hydrogen-bond donors (Lipinski definition) is 0. The summed E-state index contributed by atoms with van der Waals surface area (Å²) in [5.74, 6) is 0.262. The molecule has 0 N–H and O–H groups in total. The first-order chi connectivity index (χ1) is 8.63. The fraction of sp³-hybridized carbons (Fsp3) is 0.231. The summed E-state index contributed by atoms with van der Waals surface area (Å²) in [6.07, 6.45) is 1.63. The fourth-order valence-electron chi connectivity index (χ4n) is 1.67. The lowest BCUT2D eigenvalue weighted by Crippen LogP contribution is -2.04. The van der Waals surface area contributed by atoms with E-state index < -0.39 is 5.97 Å². The molecule has 0 bridgehead atoms. The highest BCUT2D eigenvalue weighted by molar-refractivity contribution is 6.32. The number of halogens is 1. The summed E-state index contributed by atoms with van der Waals surface area (Å²) in [7, 11) is 0. The Morgan fingerprint density at radius 2 is 2.17 bits per heavy atom. The Kier molecular flexibility index (Phi) is 3.67. The summed E-state index contributed by atoms with van der Waals surface area (Å²) in [6, 6.07) is 7.39. The third kappa shape index (κ3) is 2.38. The summed E-state index contributed by atoms with van der Waals surface area (Å²) in [4.78, 5) is 15.8. The molecule has 5 heteroatoms. The van der Waals surface area contributed by atoms with Crippen molar-refractivity contribution in [3.63, 3.8) is 0 Å². The maximum absolute atomic E-state index is 11.6. The summed E-state index contributed by atoms with van der Waals surface area (Å²) in [6.45, 7) is 3.90.